The molecule has 1 saturated heterocycles. The van der Waals surface area contributed by atoms with Gasteiger partial charge in [-0.15, -0.1) is 0 Å². The number of halogens is 3. The predicted octanol–water partition coefficient (Wildman–Crippen LogP) is 2.85. The summed E-state index contributed by atoms with van der Waals surface area (Å²) in [6.45, 7) is 0.681. The highest BCUT2D eigenvalue weighted by Crippen LogP contribution is 2.29. The minimum Gasteiger partial charge on any atom is -0.316 e. The van der Waals surface area contributed by atoms with Crippen LogP contribution in [-0.2, 0) is 4.79 Å². The van der Waals surface area contributed by atoms with E-state index in [-0.39, 0.29) is 0 Å². The van der Waals surface area contributed by atoms with E-state index in [9.17, 15) is 18.0 Å². The van der Waals surface area contributed by atoms with Crippen molar-refractivity contribution in [3.63, 3.8) is 0 Å². The summed E-state index contributed by atoms with van der Waals surface area (Å²) >= 11 is 0. The monoisotopic (exact) mass is 286 g/mol. The molecular weight excluding hydrogens is 269 g/mol. The number of benzene rings is 1. The smallest absolute Gasteiger partial charge is 0.316 e. The molecule has 3 nitrogen and oxygen atoms in total. The SMILES string of the molecule is CCCC1NC(c2ccccc2)C(=O)N1CC(F)(F)F. The maximum atomic E-state index is 12.6. The molecule has 1 heterocycles. The van der Waals surface area contributed by atoms with E-state index < -0.39 is 30.8 Å². The van der Waals surface area contributed by atoms with Gasteiger partial charge in [0.2, 0.25) is 5.91 Å². The van der Waals surface area contributed by atoms with Gasteiger partial charge >= 0.3 is 6.18 Å². The van der Waals surface area contributed by atoms with E-state index in [4.69, 9.17) is 0 Å². The third kappa shape index (κ3) is 3.30. The average molecular weight is 286 g/mol. The molecule has 0 aliphatic carbocycles. The van der Waals surface area contributed by atoms with Crippen LogP contribution in [0, 0.1) is 0 Å². The van der Waals surface area contributed by atoms with E-state index in [1.165, 1.54) is 0 Å². The van der Waals surface area contributed by atoms with Crippen molar-refractivity contribution in [3.8, 4) is 0 Å². The Morgan fingerprint density at radius 1 is 1.25 bits per heavy atom. The van der Waals surface area contributed by atoms with Crippen LogP contribution in [0.3, 0.4) is 0 Å². The lowest BCUT2D eigenvalue weighted by Crippen LogP contribution is -2.43. The van der Waals surface area contributed by atoms with Gasteiger partial charge in [-0.2, -0.15) is 13.2 Å². The molecule has 2 atom stereocenters. The molecular formula is C14H17F3N2O. The second-order valence-corrected chi connectivity index (χ2v) is 4.90. The van der Waals surface area contributed by atoms with Gasteiger partial charge in [0.15, 0.2) is 0 Å². The van der Waals surface area contributed by atoms with Crippen molar-refractivity contribution in [3.05, 3.63) is 35.9 Å². The second-order valence-electron chi connectivity index (χ2n) is 4.90. The van der Waals surface area contributed by atoms with Gasteiger partial charge in [-0.3, -0.25) is 10.1 Å². The van der Waals surface area contributed by atoms with Crippen molar-refractivity contribution in [1.82, 2.24) is 10.2 Å². The minimum absolute atomic E-state index is 0.505. The molecule has 20 heavy (non-hydrogen) atoms. The summed E-state index contributed by atoms with van der Waals surface area (Å²) < 4.78 is 37.8. The topological polar surface area (TPSA) is 32.3 Å². The van der Waals surface area contributed by atoms with E-state index in [0.717, 1.165) is 4.90 Å². The van der Waals surface area contributed by atoms with Gasteiger partial charge < -0.3 is 4.90 Å². The molecule has 2 unspecified atom stereocenters. The Kier molecular flexibility index (Phi) is 4.32. The second kappa shape index (κ2) is 5.83. The first-order chi connectivity index (χ1) is 9.42. The fraction of sp³-hybridized carbons (Fsp3) is 0.500. The summed E-state index contributed by atoms with van der Waals surface area (Å²) in [7, 11) is 0. The molecule has 0 spiro atoms. The molecule has 6 heteroatoms. The van der Waals surface area contributed by atoms with Crippen molar-refractivity contribution in [2.45, 2.75) is 38.1 Å². The predicted molar refractivity (Wildman–Crippen MR) is 68.8 cm³/mol. The number of hydrogen-bond acceptors (Lipinski definition) is 2. The molecule has 1 aliphatic heterocycles. The Labute approximate surface area is 115 Å². The maximum absolute atomic E-state index is 12.6. The Bertz CT molecular complexity index is 461. The standard InChI is InChI=1S/C14H17F3N2O/c1-2-6-11-18-12(10-7-4-3-5-8-10)13(20)19(11)9-14(15,16)17/h3-5,7-8,11-12,18H,2,6,9H2,1H3. The third-order valence-electron chi connectivity index (χ3n) is 3.31. The Morgan fingerprint density at radius 3 is 2.45 bits per heavy atom. The molecule has 0 radical (unpaired) electrons. The maximum Gasteiger partial charge on any atom is 0.406 e. The normalized spacial score (nSPS) is 23.4. The van der Waals surface area contributed by atoms with Gasteiger partial charge in [0.25, 0.3) is 0 Å². The zero-order chi connectivity index (χ0) is 14.8. The first-order valence-corrected chi connectivity index (χ1v) is 6.60. The summed E-state index contributed by atoms with van der Waals surface area (Å²) in [6, 6.07) is 8.15. The largest absolute Gasteiger partial charge is 0.406 e. The molecule has 1 fully saturated rings. The van der Waals surface area contributed by atoms with Crippen LogP contribution in [-0.4, -0.2) is 29.7 Å². The summed E-state index contributed by atoms with van der Waals surface area (Å²) in [5.74, 6) is -0.507. The lowest BCUT2D eigenvalue weighted by Gasteiger charge is -2.24. The molecule has 1 aromatic carbocycles. The van der Waals surface area contributed by atoms with Gasteiger partial charge in [0.1, 0.15) is 12.6 Å². The van der Waals surface area contributed by atoms with Crippen LogP contribution in [0.15, 0.2) is 30.3 Å². The van der Waals surface area contributed by atoms with Gasteiger partial charge in [-0.25, -0.2) is 0 Å². The van der Waals surface area contributed by atoms with Crippen LogP contribution in [0.25, 0.3) is 0 Å². The van der Waals surface area contributed by atoms with E-state index in [2.05, 4.69) is 5.32 Å². The van der Waals surface area contributed by atoms with Crippen molar-refractivity contribution in [2.24, 2.45) is 0 Å². The zero-order valence-corrected chi connectivity index (χ0v) is 11.2. The Balaban J connectivity index is 2.20. The first-order valence-electron chi connectivity index (χ1n) is 6.60. The molecule has 0 aromatic heterocycles. The highest BCUT2D eigenvalue weighted by atomic mass is 19.4. The number of hydrogen-bond donors (Lipinski definition) is 1. The molecule has 1 aliphatic rings. The average Bonchev–Trinajstić information content (AvgIpc) is 2.68. The summed E-state index contributed by atoms with van der Waals surface area (Å²) in [5, 5.41) is 3.01. The van der Waals surface area contributed by atoms with Gasteiger partial charge in [-0.05, 0) is 12.0 Å². The number of nitrogens with zero attached hydrogens (tertiary/aromatic N) is 1. The highest BCUT2D eigenvalue weighted by Gasteiger charge is 2.44. The van der Waals surface area contributed by atoms with E-state index in [0.29, 0.717) is 18.4 Å². The van der Waals surface area contributed by atoms with Crippen molar-refractivity contribution < 1.29 is 18.0 Å². The highest BCUT2D eigenvalue weighted by molar-refractivity contribution is 5.85. The first kappa shape index (κ1) is 14.8. The van der Waals surface area contributed by atoms with Crippen LogP contribution in [0.5, 0.6) is 0 Å². The number of carbonyl (C=O) groups excluding carboxylic acids is 1. The van der Waals surface area contributed by atoms with Gasteiger partial charge in [-0.1, -0.05) is 43.7 Å². The molecule has 1 N–H and O–H groups in total. The number of rotatable bonds is 4. The van der Waals surface area contributed by atoms with Gasteiger partial charge in [0, 0.05) is 0 Å². The molecule has 110 valence electrons. The number of alkyl halides is 3. The van der Waals surface area contributed by atoms with Crippen LogP contribution in [0.4, 0.5) is 13.2 Å². The molecule has 0 bridgehead atoms. The molecule has 0 saturated carbocycles. The Hall–Kier alpha value is -1.56. The van der Waals surface area contributed by atoms with Crippen molar-refractivity contribution in [1.29, 1.82) is 0 Å². The van der Waals surface area contributed by atoms with E-state index >= 15 is 0 Å². The van der Waals surface area contributed by atoms with Crippen molar-refractivity contribution >= 4 is 5.91 Å². The lowest BCUT2D eigenvalue weighted by molar-refractivity contribution is -0.161. The Morgan fingerprint density at radius 2 is 1.90 bits per heavy atom. The summed E-state index contributed by atoms with van der Waals surface area (Å²) in [4.78, 5) is 13.1. The summed E-state index contributed by atoms with van der Waals surface area (Å²) in [5.41, 5.74) is 0.697. The number of amides is 1. The van der Waals surface area contributed by atoms with Crippen LogP contribution in [0.2, 0.25) is 0 Å². The lowest BCUT2D eigenvalue weighted by atomic mass is 10.1. The van der Waals surface area contributed by atoms with E-state index in [1.54, 1.807) is 30.3 Å². The zero-order valence-electron chi connectivity index (χ0n) is 11.2. The third-order valence-corrected chi connectivity index (χ3v) is 3.31. The molecule has 1 aromatic rings. The number of carbonyl (C=O) groups is 1. The fourth-order valence-electron chi connectivity index (χ4n) is 2.45. The number of nitrogens with one attached hydrogen (secondary N) is 1. The minimum atomic E-state index is -4.38. The van der Waals surface area contributed by atoms with Crippen LogP contribution in [0.1, 0.15) is 31.4 Å². The quantitative estimate of drug-likeness (QED) is 0.923. The fourth-order valence-corrected chi connectivity index (χ4v) is 2.45. The van der Waals surface area contributed by atoms with Crippen LogP contribution < -0.4 is 5.32 Å². The van der Waals surface area contributed by atoms with Gasteiger partial charge in [0.05, 0.1) is 6.17 Å². The molecule has 2 rings (SSSR count). The van der Waals surface area contributed by atoms with Crippen molar-refractivity contribution in [2.75, 3.05) is 6.54 Å². The molecule has 1 amide bonds. The summed E-state index contributed by atoms with van der Waals surface area (Å²) in [6.07, 6.45) is -3.72. The van der Waals surface area contributed by atoms with E-state index in [1.807, 2.05) is 6.92 Å². The van der Waals surface area contributed by atoms with Crippen LogP contribution >= 0.6 is 0 Å².